The summed E-state index contributed by atoms with van der Waals surface area (Å²) in [5.74, 6) is 0. The fourth-order valence-electron chi connectivity index (χ4n) is 2.85. The summed E-state index contributed by atoms with van der Waals surface area (Å²) in [5, 5.41) is 0. The number of hydrogen-bond donors (Lipinski definition) is 0. The van der Waals surface area contributed by atoms with Gasteiger partial charge >= 0.3 is 0 Å². The smallest absolute Gasteiger partial charge is 0.212 e. The Hall–Kier alpha value is -1.06. The molecule has 14 heteroatoms. The number of rotatable bonds is 8. The zero-order valence-electron chi connectivity index (χ0n) is 15.3. The van der Waals surface area contributed by atoms with Crippen LogP contribution in [-0.4, -0.2) is 72.2 Å². The van der Waals surface area contributed by atoms with Gasteiger partial charge in [0.15, 0.2) is 0 Å². The Morgan fingerprint density at radius 1 is 0.630 bits per heavy atom. The van der Waals surface area contributed by atoms with Gasteiger partial charge in [0.2, 0.25) is 40.1 Å². The standard InChI is InChI=1S/C13H22N2O8S4/c1-11(14(24(2,16)17)25(3,18)19)13(12-9-7-6-8-10-12)15(26(4,20)21)27(5,22)23/h6-11,13H,1-5H3/t11-,13+/m1/s1. The quantitative estimate of drug-likeness (QED) is 0.506. The lowest BCUT2D eigenvalue weighted by Crippen LogP contribution is -2.51. The van der Waals surface area contributed by atoms with Crippen molar-refractivity contribution in [1.82, 2.24) is 7.42 Å². The first-order valence-electron chi connectivity index (χ1n) is 7.32. The minimum absolute atomic E-state index is 0.109. The zero-order valence-corrected chi connectivity index (χ0v) is 18.6. The van der Waals surface area contributed by atoms with Crippen molar-refractivity contribution >= 4 is 40.1 Å². The van der Waals surface area contributed by atoms with Crippen LogP contribution in [0.25, 0.3) is 0 Å². The van der Waals surface area contributed by atoms with Crippen molar-refractivity contribution in [1.29, 1.82) is 0 Å². The summed E-state index contributed by atoms with van der Waals surface area (Å²) in [6, 6.07) is 4.11. The van der Waals surface area contributed by atoms with Gasteiger partial charge in [-0.2, -0.15) is 0 Å². The van der Waals surface area contributed by atoms with E-state index >= 15 is 0 Å². The van der Waals surface area contributed by atoms with Gasteiger partial charge in [-0.05, 0) is 12.5 Å². The molecule has 2 atom stereocenters. The molecule has 0 spiro atoms. The monoisotopic (exact) mass is 462 g/mol. The van der Waals surface area contributed by atoms with Crippen LogP contribution >= 0.6 is 0 Å². The molecule has 156 valence electrons. The van der Waals surface area contributed by atoms with E-state index in [1.54, 1.807) is 6.07 Å². The number of benzene rings is 1. The Balaban J connectivity index is 3.90. The summed E-state index contributed by atoms with van der Waals surface area (Å²) < 4.78 is 97.7. The molecule has 0 aromatic heterocycles. The molecule has 0 radical (unpaired) electrons. The van der Waals surface area contributed by atoms with Crippen LogP contribution in [0.4, 0.5) is 0 Å². The van der Waals surface area contributed by atoms with Gasteiger partial charge in [0, 0.05) is 0 Å². The third-order valence-corrected chi connectivity index (χ3v) is 10.4. The lowest BCUT2D eigenvalue weighted by atomic mass is 10.0. The van der Waals surface area contributed by atoms with Gasteiger partial charge in [0.1, 0.15) is 0 Å². The number of nitrogens with zero attached hydrogens (tertiary/aromatic N) is 2. The van der Waals surface area contributed by atoms with Crippen LogP contribution in [0.1, 0.15) is 18.5 Å². The molecule has 1 rings (SSSR count). The van der Waals surface area contributed by atoms with Crippen molar-refractivity contribution in [2.75, 3.05) is 25.0 Å². The van der Waals surface area contributed by atoms with Crippen molar-refractivity contribution in [2.45, 2.75) is 19.0 Å². The maximum Gasteiger partial charge on any atom is 0.224 e. The fourth-order valence-corrected chi connectivity index (χ4v) is 9.65. The molecule has 0 aliphatic carbocycles. The Morgan fingerprint density at radius 3 is 1.26 bits per heavy atom. The van der Waals surface area contributed by atoms with E-state index in [0.717, 1.165) is 6.92 Å². The van der Waals surface area contributed by atoms with E-state index in [1.165, 1.54) is 24.3 Å². The lowest BCUT2D eigenvalue weighted by Gasteiger charge is -2.36. The first-order valence-corrected chi connectivity index (χ1v) is 14.7. The molecule has 0 bridgehead atoms. The maximum atomic E-state index is 12.2. The van der Waals surface area contributed by atoms with Crippen LogP contribution in [-0.2, 0) is 40.1 Å². The zero-order chi connectivity index (χ0) is 21.4. The molecule has 0 aliphatic heterocycles. The first kappa shape index (κ1) is 24.0. The molecule has 0 unspecified atom stereocenters. The van der Waals surface area contributed by atoms with E-state index in [1.807, 2.05) is 0 Å². The molecule has 0 fully saturated rings. The van der Waals surface area contributed by atoms with Gasteiger partial charge in [0.25, 0.3) is 0 Å². The summed E-state index contributed by atoms with van der Waals surface area (Å²) in [4.78, 5) is 0. The highest BCUT2D eigenvalue weighted by Crippen LogP contribution is 2.33. The van der Waals surface area contributed by atoms with Crippen LogP contribution in [0.5, 0.6) is 0 Å². The molecule has 0 saturated heterocycles. The van der Waals surface area contributed by atoms with Crippen LogP contribution < -0.4 is 0 Å². The van der Waals surface area contributed by atoms with Crippen LogP contribution in [0, 0.1) is 0 Å². The Kier molecular flexibility index (Phi) is 6.88. The molecular weight excluding hydrogens is 440 g/mol. The average molecular weight is 463 g/mol. The van der Waals surface area contributed by atoms with Crippen LogP contribution in [0.15, 0.2) is 30.3 Å². The van der Waals surface area contributed by atoms with Gasteiger partial charge in [-0.25, -0.2) is 33.7 Å². The van der Waals surface area contributed by atoms with E-state index < -0.39 is 52.2 Å². The normalized spacial score (nSPS) is 16.4. The molecule has 0 heterocycles. The number of sulfonamides is 4. The predicted octanol–water partition coefficient (Wildman–Crippen LogP) is -0.441. The van der Waals surface area contributed by atoms with Crippen molar-refractivity contribution in [3.05, 3.63) is 35.9 Å². The third kappa shape index (κ3) is 5.96. The minimum Gasteiger partial charge on any atom is -0.212 e. The largest absolute Gasteiger partial charge is 0.224 e. The van der Waals surface area contributed by atoms with Gasteiger partial charge in [-0.3, -0.25) is 0 Å². The third-order valence-electron chi connectivity index (χ3n) is 3.47. The minimum atomic E-state index is -4.41. The van der Waals surface area contributed by atoms with E-state index in [2.05, 4.69) is 0 Å². The van der Waals surface area contributed by atoms with Gasteiger partial charge in [-0.1, -0.05) is 37.8 Å². The topological polar surface area (TPSA) is 143 Å². The average Bonchev–Trinajstić information content (AvgIpc) is 2.39. The molecule has 0 aliphatic rings. The highest BCUT2D eigenvalue weighted by Gasteiger charge is 2.45. The highest BCUT2D eigenvalue weighted by molar-refractivity contribution is 8.04. The van der Waals surface area contributed by atoms with E-state index in [9.17, 15) is 33.7 Å². The second-order valence-corrected chi connectivity index (χ2v) is 14.0. The second-order valence-electron chi connectivity index (χ2n) is 6.10. The molecule has 0 N–H and O–H groups in total. The predicted molar refractivity (Wildman–Crippen MR) is 102 cm³/mol. The Bertz CT molecular complexity index is 1030. The molecule has 10 nitrogen and oxygen atoms in total. The van der Waals surface area contributed by atoms with Crippen LogP contribution in [0.2, 0.25) is 0 Å². The van der Waals surface area contributed by atoms with Crippen molar-refractivity contribution in [3.63, 3.8) is 0 Å². The molecular formula is C13H22N2O8S4. The summed E-state index contributed by atoms with van der Waals surface area (Å²) in [5.41, 5.74) is 0.109. The molecule has 27 heavy (non-hydrogen) atoms. The summed E-state index contributed by atoms with van der Waals surface area (Å²) in [7, 11) is -17.6. The Morgan fingerprint density at radius 2 is 0.963 bits per heavy atom. The summed E-state index contributed by atoms with van der Waals surface area (Å²) >= 11 is 0. The van der Waals surface area contributed by atoms with Crippen molar-refractivity contribution in [3.8, 4) is 0 Å². The van der Waals surface area contributed by atoms with Crippen molar-refractivity contribution in [2.24, 2.45) is 0 Å². The fraction of sp³-hybridized carbons (Fsp3) is 0.538. The number of hydrogen-bond acceptors (Lipinski definition) is 8. The van der Waals surface area contributed by atoms with Gasteiger partial charge < -0.3 is 0 Å². The summed E-state index contributed by atoms with van der Waals surface area (Å²) in [6.07, 6.45) is 2.56. The SMILES string of the molecule is C[C@H]([C@@H](c1ccccc1)N(S(C)(=O)=O)S(C)(=O)=O)N(S(C)(=O)=O)S(C)(=O)=O. The molecule has 1 aromatic rings. The van der Waals surface area contributed by atoms with E-state index in [0.29, 0.717) is 25.0 Å². The molecule has 1 aromatic carbocycles. The lowest BCUT2D eigenvalue weighted by molar-refractivity contribution is 0.316. The highest BCUT2D eigenvalue weighted by atomic mass is 32.3. The Labute approximate surface area is 161 Å². The summed E-state index contributed by atoms with van der Waals surface area (Å²) in [6.45, 7) is 1.13. The second kappa shape index (κ2) is 7.75. The molecule has 0 saturated carbocycles. The molecule has 0 amide bonds. The maximum absolute atomic E-state index is 12.2. The van der Waals surface area contributed by atoms with Crippen LogP contribution in [0.3, 0.4) is 0 Å². The van der Waals surface area contributed by atoms with E-state index in [4.69, 9.17) is 0 Å². The van der Waals surface area contributed by atoms with E-state index in [-0.39, 0.29) is 13.0 Å². The van der Waals surface area contributed by atoms with Gasteiger partial charge in [-0.15, -0.1) is 0 Å². The van der Waals surface area contributed by atoms with Gasteiger partial charge in [0.05, 0.1) is 37.1 Å². The van der Waals surface area contributed by atoms with Crippen molar-refractivity contribution < 1.29 is 33.7 Å². The first-order chi connectivity index (χ1) is 11.9.